The van der Waals surface area contributed by atoms with Crippen LogP contribution in [0.25, 0.3) is 11.1 Å². The Labute approximate surface area is 137 Å². The molecule has 1 aromatic heterocycles. The maximum absolute atomic E-state index is 12.2. The van der Waals surface area contributed by atoms with Gasteiger partial charge in [-0.05, 0) is 36.3 Å². The zero-order valence-corrected chi connectivity index (χ0v) is 14.1. The van der Waals surface area contributed by atoms with Gasteiger partial charge in [-0.2, -0.15) is 17.7 Å². The number of rotatable bonds is 3. The highest BCUT2D eigenvalue weighted by molar-refractivity contribution is 9.10. The average molecular weight is 366 g/mol. The number of aryl methyl sites for hydroxylation is 1. The summed E-state index contributed by atoms with van der Waals surface area (Å²) in [5.74, 6) is 1.87. The molecule has 0 spiro atoms. The summed E-state index contributed by atoms with van der Waals surface area (Å²) in [5.41, 5.74) is 3.02. The Hall–Kier alpha value is -1.27. The standard InChI is InChI=1S/C15H16BrN3OS/c1-9-14(11-2-4-12(16)5-3-11)15(18-17-9)19-7-10(8-21)6-13(19)20/h2-5,10,21H,6-8H2,1H3,(H,17,18). The van der Waals surface area contributed by atoms with E-state index in [9.17, 15) is 4.79 Å². The van der Waals surface area contributed by atoms with E-state index in [1.54, 1.807) is 4.90 Å². The average Bonchev–Trinajstić information content (AvgIpc) is 3.03. The van der Waals surface area contributed by atoms with Gasteiger partial charge in [0.25, 0.3) is 0 Å². The summed E-state index contributed by atoms with van der Waals surface area (Å²) >= 11 is 7.75. The largest absolute Gasteiger partial charge is 0.294 e. The SMILES string of the molecule is Cc1[nH]nc(N2CC(CS)CC2=O)c1-c1ccc(Br)cc1. The van der Waals surface area contributed by atoms with E-state index < -0.39 is 0 Å². The summed E-state index contributed by atoms with van der Waals surface area (Å²) < 4.78 is 1.03. The van der Waals surface area contributed by atoms with Gasteiger partial charge in [-0.25, -0.2) is 0 Å². The number of H-pyrrole nitrogens is 1. The molecule has 6 heteroatoms. The van der Waals surface area contributed by atoms with E-state index in [1.165, 1.54) is 0 Å². The summed E-state index contributed by atoms with van der Waals surface area (Å²) in [6.07, 6.45) is 0.551. The van der Waals surface area contributed by atoms with E-state index in [-0.39, 0.29) is 5.91 Å². The van der Waals surface area contributed by atoms with E-state index in [2.05, 4.69) is 38.8 Å². The van der Waals surface area contributed by atoms with Crippen molar-refractivity contribution in [3.05, 3.63) is 34.4 Å². The number of aromatic nitrogens is 2. The topological polar surface area (TPSA) is 49.0 Å². The smallest absolute Gasteiger partial charge is 0.228 e. The molecule has 1 unspecified atom stereocenters. The first-order valence-electron chi connectivity index (χ1n) is 6.82. The Balaban J connectivity index is 2.01. The Morgan fingerprint density at radius 1 is 1.43 bits per heavy atom. The predicted molar refractivity (Wildman–Crippen MR) is 90.8 cm³/mol. The number of thiol groups is 1. The minimum absolute atomic E-state index is 0.124. The fraction of sp³-hybridized carbons (Fsp3) is 0.333. The summed E-state index contributed by atoms with van der Waals surface area (Å²) in [6.45, 7) is 2.67. The number of benzene rings is 1. The third-order valence-corrected chi connectivity index (χ3v) is 4.83. The second-order valence-electron chi connectivity index (χ2n) is 5.31. The van der Waals surface area contributed by atoms with Crippen LogP contribution < -0.4 is 4.90 Å². The molecule has 4 nitrogen and oxygen atoms in total. The maximum atomic E-state index is 12.2. The number of carbonyl (C=O) groups excluding carboxylic acids is 1. The molecule has 1 saturated heterocycles. The van der Waals surface area contributed by atoms with Gasteiger partial charge in [0.2, 0.25) is 5.91 Å². The van der Waals surface area contributed by atoms with Crippen LogP contribution >= 0.6 is 28.6 Å². The quantitative estimate of drug-likeness (QED) is 0.818. The van der Waals surface area contributed by atoms with Gasteiger partial charge >= 0.3 is 0 Å². The van der Waals surface area contributed by atoms with Gasteiger partial charge in [-0.3, -0.25) is 14.8 Å². The molecule has 21 heavy (non-hydrogen) atoms. The number of carbonyl (C=O) groups is 1. The molecule has 1 aliphatic rings. The lowest BCUT2D eigenvalue weighted by Gasteiger charge is -2.16. The first kappa shape index (κ1) is 14.7. The van der Waals surface area contributed by atoms with Crippen molar-refractivity contribution in [2.45, 2.75) is 13.3 Å². The van der Waals surface area contributed by atoms with E-state index in [0.717, 1.165) is 32.9 Å². The van der Waals surface area contributed by atoms with Crippen molar-refractivity contribution in [1.29, 1.82) is 0 Å². The highest BCUT2D eigenvalue weighted by atomic mass is 79.9. The van der Waals surface area contributed by atoms with Gasteiger partial charge in [0.15, 0.2) is 5.82 Å². The molecule has 3 rings (SSSR count). The zero-order chi connectivity index (χ0) is 15.0. The van der Waals surface area contributed by atoms with Crippen molar-refractivity contribution >= 4 is 40.3 Å². The number of nitrogens with zero attached hydrogens (tertiary/aromatic N) is 2. The van der Waals surface area contributed by atoms with E-state index in [4.69, 9.17) is 0 Å². The lowest BCUT2D eigenvalue weighted by molar-refractivity contribution is -0.117. The summed E-state index contributed by atoms with van der Waals surface area (Å²) in [6, 6.07) is 8.05. The van der Waals surface area contributed by atoms with Crippen molar-refractivity contribution < 1.29 is 4.79 Å². The molecule has 1 aliphatic heterocycles. The van der Waals surface area contributed by atoms with Crippen LogP contribution in [0.15, 0.2) is 28.7 Å². The van der Waals surface area contributed by atoms with Gasteiger partial charge in [-0.15, -0.1) is 0 Å². The number of hydrogen-bond acceptors (Lipinski definition) is 3. The monoisotopic (exact) mass is 365 g/mol. The molecule has 1 fully saturated rings. The van der Waals surface area contributed by atoms with Crippen LogP contribution in [0.3, 0.4) is 0 Å². The van der Waals surface area contributed by atoms with Crippen LogP contribution in [0, 0.1) is 12.8 Å². The molecular formula is C15H16BrN3OS. The summed E-state index contributed by atoms with van der Waals surface area (Å²) in [5, 5.41) is 7.37. The maximum Gasteiger partial charge on any atom is 0.228 e. The second kappa shape index (κ2) is 5.85. The number of aromatic amines is 1. The number of amides is 1. The lowest BCUT2D eigenvalue weighted by Crippen LogP contribution is -2.25. The number of halogens is 1. The van der Waals surface area contributed by atoms with Crippen LogP contribution in [0.2, 0.25) is 0 Å². The van der Waals surface area contributed by atoms with Gasteiger partial charge in [0.1, 0.15) is 0 Å². The van der Waals surface area contributed by atoms with Crippen LogP contribution in [-0.4, -0.2) is 28.4 Å². The zero-order valence-electron chi connectivity index (χ0n) is 11.6. The number of anilines is 1. The van der Waals surface area contributed by atoms with Gasteiger partial charge in [-0.1, -0.05) is 28.1 Å². The molecule has 2 aromatic rings. The second-order valence-corrected chi connectivity index (χ2v) is 6.59. The van der Waals surface area contributed by atoms with Gasteiger partial charge in [0.05, 0.1) is 0 Å². The first-order chi connectivity index (χ1) is 10.1. The minimum Gasteiger partial charge on any atom is -0.294 e. The molecule has 1 atom stereocenters. The molecule has 0 saturated carbocycles. The van der Waals surface area contributed by atoms with Crippen molar-refractivity contribution in [2.24, 2.45) is 5.92 Å². The van der Waals surface area contributed by atoms with Crippen LogP contribution in [0.4, 0.5) is 5.82 Å². The third-order valence-electron chi connectivity index (χ3n) is 3.78. The minimum atomic E-state index is 0.124. The van der Waals surface area contributed by atoms with E-state index in [1.807, 2.05) is 31.2 Å². The summed E-state index contributed by atoms with van der Waals surface area (Å²) in [7, 11) is 0. The normalized spacial score (nSPS) is 18.5. The molecule has 0 bridgehead atoms. The molecular weight excluding hydrogens is 350 g/mol. The molecule has 0 radical (unpaired) electrons. The van der Waals surface area contributed by atoms with Crippen LogP contribution in [0.5, 0.6) is 0 Å². The van der Waals surface area contributed by atoms with Gasteiger partial charge < -0.3 is 0 Å². The van der Waals surface area contributed by atoms with Gasteiger partial charge in [0, 0.05) is 28.7 Å². The Morgan fingerprint density at radius 2 is 2.14 bits per heavy atom. The molecule has 110 valence electrons. The molecule has 1 aromatic carbocycles. The molecule has 1 amide bonds. The Kier molecular flexibility index (Phi) is 4.08. The molecule has 0 aliphatic carbocycles. The highest BCUT2D eigenvalue weighted by Gasteiger charge is 2.33. The third kappa shape index (κ3) is 2.74. The molecule has 1 N–H and O–H groups in total. The summed E-state index contributed by atoms with van der Waals surface area (Å²) in [4.78, 5) is 14.0. The lowest BCUT2D eigenvalue weighted by atomic mass is 10.1. The van der Waals surface area contributed by atoms with E-state index in [0.29, 0.717) is 18.9 Å². The predicted octanol–water partition coefficient (Wildman–Crippen LogP) is 3.43. The number of nitrogens with one attached hydrogen (secondary N) is 1. The van der Waals surface area contributed by atoms with Crippen LogP contribution in [-0.2, 0) is 4.79 Å². The fourth-order valence-corrected chi connectivity index (χ4v) is 3.19. The molecule has 2 heterocycles. The first-order valence-corrected chi connectivity index (χ1v) is 8.25. The van der Waals surface area contributed by atoms with Crippen LogP contribution in [0.1, 0.15) is 12.1 Å². The highest BCUT2D eigenvalue weighted by Crippen LogP contribution is 2.35. The Bertz CT molecular complexity index is 668. The van der Waals surface area contributed by atoms with Crippen molar-refractivity contribution in [3.63, 3.8) is 0 Å². The van der Waals surface area contributed by atoms with Crippen molar-refractivity contribution in [1.82, 2.24) is 10.2 Å². The number of hydrogen-bond donors (Lipinski definition) is 2. The van der Waals surface area contributed by atoms with E-state index >= 15 is 0 Å². The fourth-order valence-electron chi connectivity index (χ4n) is 2.68. The van der Waals surface area contributed by atoms with Crippen molar-refractivity contribution in [2.75, 3.05) is 17.2 Å². The van der Waals surface area contributed by atoms with Crippen molar-refractivity contribution in [3.8, 4) is 11.1 Å². The Morgan fingerprint density at radius 3 is 2.76 bits per heavy atom.